The Kier molecular flexibility index (Phi) is 5.60. The quantitative estimate of drug-likeness (QED) is 0.797. The molecule has 2 unspecified atom stereocenters. The normalized spacial score (nSPS) is 27.3. The van der Waals surface area contributed by atoms with Crippen LogP contribution in [0.25, 0.3) is 0 Å². The fraction of sp³-hybridized carbons (Fsp3) is 0.929. The van der Waals surface area contributed by atoms with Crippen LogP contribution in [0.1, 0.15) is 26.2 Å². The van der Waals surface area contributed by atoms with E-state index in [0.29, 0.717) is 12.3 Å². The summed E-state index contributed by atoms with van der Waals surface area (Å²) in [5, 5.41) is 0. The second-order valence-electron chi connectivity index (χ2n) is 5.94. The Morgan fingerprint density at radius 3 is 2.79 bits per heavy atom. The van der Waals surface area contributed by atoms with Gasteiger partial charge in [-0.05, 0) is 25.7 Å². The van der Waals surface area contributed by atoms with Crippen molar-refractivity contribution in [3.63, 3.8) is 0 Å². The van der Waals surface area contributed by atoms with Crippen LogP contribution < -0.4 is 5.73 Å². The van der Waals surface area contributed by atoms with Gasteiger partial charge in [0.05, 0.1) is 13.2 Å². The second kappa shape index (κ2) is 7.22. The maximum absolute atomic E-state index is 12.1. The minimum Gasteiger partial charge on any atom is -0.379 e. The van der Waals surface area contributed by atoms with Gasteiger partial charge in [-0.25, -0.2) is 0 Å². The average molecular weight is 269 g/mol. The van der Waals surface area contributed by atoms with Gasteiger partial charge in [0.15, 0.2) is 0 Å². The molecule has 2 N–H and O–H groups in total. The molecule has 0 saturated carbocycles. The van der Waals surface area contributed by atoms with Gasteiger partial charge in [0, 0.05) is 45.2 Å². The van der Waals surface area contributed by atoms with Gasteiger partial charge in [-0.2, -0.15) is 0 Å². The first-order valence-corrected chi connectivity index (χ1v) is 7.48. The third-order valence-corrected chi connectivity index (χ3v) is 3.99. The molecule has 2 atom stereocenters. The SMILES string of the molecule is CC(N)CC(=O)N1CCCC(CN2CCOCC2)C1. The number of rotatable bonds is 4. The van der Waals surface area contributed by atoms with Crippen LogP contribution in [0, 0.1) is 5.92 Å². The van der Waals surface area contributed by atoms with E-state index in [0.717, 1.165) is 52.4 Å². The molecular weight excluding hydrogens is 242 g/mol. The van der Waals surface area contributed by atoms with Gasteiger partial charge in [0.25, 0.3) is 0 Å². The minimum absolute atomic E-state index is 0.0351. The van der Waals surface area contributed by atoms with Gasteiger partial charge >= 0.3 is 0 Å². The van der Waals surface area contributed by atoms with Crippen molar-refractivity contribution in [2.45, 2.75) is 32.2 Å². The molecule has 2 aliphatic rings. The number of carbonyl (C=O) groups is 1. The standard InChI is InChI=1S/C14H27N3O2/c1-12(15)9-14(18)17-4-2-3-13(11-17)10-16-5-7-19-8-6-16/h12-13H,2-11,15H2,1H3. The topological polar surface area (TPSA) is 58.8 Å². The zero-order valence-corrected chi connectivity index (χ0v) is 12.0. The summed E-state index contributed by atoms with van der Waals surface area (Å²) < 4.78 is 5.37. The molecule has 0 aromatic heterocycles. The number of hydrogen-bond donors (Lipinski definition) is 1. The number of likely N-dealkylation sites (tertiary alicyclic amines) is 1. The van der Waals surface area contributed by atoms with Gasteiger partial charge < -0.3 is 15.4 Å². The number of morpholine rings is 1. The van der Waals surface area contributed by atoms with Crippen LogP contribution in [0.4, 0.5) is 0 Å². The first-order valence-electron chi connectivity index (χ1n) is 7.48. The van der Waals surface area contributed by atoms with Crippen molar-refractivity contribution in [3.05, 3.63) is 0 Å². The lowest BCUT2D eigenvalue weighted by Gasteiger charge is -2.37. The Morgan fingerprint density at radius 1 is 1.37 bits per heavy atom. The van der Waals surface area contributed by atoms with Crippen LogP contribution in [0.3, 0.4) is 0 Å². The van der Waals surface area contributed by atoms with Crippen LogP contribution in [0.15, 0.2) is 0 Å². The summed E-state index contributed by atoms with van der Waals surface area (Å²) >= 11 is 0. The zero-order chi connectivity index (χ0) is 13.7. The fourth-order valence-electron chi connectivity index (χ4n) is 2.99. The number of ether oxygens (including phenoxy) is 1. The molecule has 2 aliphatic heterocycles. The lowest BCUT2D eigenvalue weighted by atomic mass is 9.96. The Morgan fingerprint density at radius 2 is 2.11 bits per heavy atom. The van der Waals surface area contributed by atoms with E-state index in [1.165, 1.54) is 6.42 Å². The van der Waals surface area contributed by atoms with E-state index in [1.54, 1.807) is 0 Å². The van der Waals surface area contributed by atoms with Crippen LogP contribution in [0.5, 0.6) is 0 Å². The van der Waals surface area contributed by atoms with Crippen molar-refractivity contribution < 1.29 is 9.53 Å². The summed E-state index contributed by atoms with van der Waals surface area (Å²) in [6.07, 6.45) is 2.84. The average Bonchev–Trinajstić information content (AvgIpc) is 2.39. The molecule has 19 heavy (non-hydrogen) atoms. The van der Waals surface area contributed by atoms with E-state index in [1.807, 2.05) is 11.8 Å². The summed E-state index contributed by atoms with van der Waals surface area (Å²) in [5.74, 6) is 0.838. The maximum atomic E-state index is 12.1. The molecule has 110 valence electrons. The summed E-state index contributed by atoms with van der Waals surface area (Å²) in [5.41, 5.74) is 5.71. The minimum atomic E-state index is -0.0351. The number of amides is 1. The number of nitrogens with two attached hydrogens (primary N) is 1. The highest BCUT2D eigenvalue weighted by Crippen LogP contribution is 2.19. The van der Waals surface area contributed by atoms with Crippen LogP contribution >= 0.6 is 0 Å². The van der Waals surface area contributed by atoms with Crippen molar-refractivity contribution in [3.8, 4) is 0 Å². The van der Waals surface area contributed by atoms with Crippen LogP contribution in [-0.2, 0) is 9.53 Å². The monoisotopic (exact) mass is 269 g/mol. The highest BCUT2D eigenvalue weighted by molar-refractivity contribution is 5.76. The van der Waals surface area contributed by atoms with Gasteiger partial charge in [0.1, 0.15) is 0 Å². The fourth-order valence-corrected chi connectivity index (χ4v) is 2.99. The van der Waals surface area contributed by atoms with E-state index < -0.39 is 0 Å². The van der Waals surface area contributed by atoms with Crippen molar-refractivity contribution in [1.29, 1.82) is 0 Å². The van der Waals surface area contributed by atoms with Gasteiger partial charge in [-0.1, -0.05) is 0 Å². The van der Waals surface area contributed by atoms with E-state index in [9.17, 15) is 4.79 Å². The largest absolute Gasteiger partial charge is 0.379 e. The van der Waals surface area contributed by atoms with Gasteiger partial charge in [-0.15, -0.1) is 0 Å². The first-order chi connectivity index (χ1) is 9.15. The molecule has 0 bridgehead atoms. The second-order valence-corrected chi connectivity index (χ2v) is 5.94. The third-order valence-electron chi connectivity index (χ3n) is 3.99. The molecule has 0 aromatic rings. The number of nitrogens with zero attached hydrogens (tertiary/aromatic N) is 2. The van der Waals surface area contributed by atoms with Gasteiger partial charge in [-0.3, -0.25) is 9.69 Å². The number of piperidine rings is 1. The highest BCUT2D eigenvalue weighted by atomic mass is 16.5. The molecule has 0 radical (unpaired) electrons. The van der Waals surface area contributed by atoms with Crippen LogP contribution in [0.2, 0.25) is 0 Å². The van der Waals surface area contributed by atoms with E-state index >= 15 is 0 Å². The van der Waals surface area contributed by atoms with Crippen molar-refractivity contribution >= 4 is 5.91 Å². The first kappa shape index (κ1) is 14.8. The lowest BCUT2D eigenvalue weighted by Crippen LogP contribution is -2.46. The number of carbonyl (C=O) groups excluding carboxylic acids is 1. The lowest BCUT2D eigenvalue weighted by molar-refractivity contribution is -0.133. The summed E-state index contributed by atoms with van der Waals surface area (Å²) in [7, 11) is 0. The molecule has 1 amide bonds. The molecule has 2 heterocycles. The maximum Gasteiger partial charge on any atom is 0.224 e. The summed E-state index contributed by atoms with van der Waals surface area (Å²) in [6.45, 7) is 8.57. The molecule has 2 saturated heterocycles. The van der Waals surface area contributed by atoms with Gasteiger partial charge in [0.2, 0.25) is 5.91 Å². The Hall–Kier alpha value is -0.650. The van der Waals surface area contributed by atoms with E-state index in [-0.39, 0.29) is 11.9 Å². The third kappa shape index (κ3) is 4.75. The Labute approximate surface area is 116 Å². The summed E-state index contributed by atoms with van der Waals surface area (Å²) in [4.78, 5) is 16.5. The van der Waals surface area contributed by atoms with Crippen molar-refractivity contribution in [2.75, 3.05) is 45.9 Å². The molecule has 5 heteroatoms. The Balaban J connectivity index is 1.77. The number of hydrogen-bond acceptors (Lipinski definition) is 4. The van der Waals surface area contributed by atoms with E-state index in [2.05, 4.69) is 4.90 Å². The molecule has 0 aliphatic carbocycles. The van der Waals surface area contributed by atoms with Crippen molar-refractivity contribution in [2.24, 2.45) is 11.7 Å². The molecule has 2 fully saturated rings. The molecular formula is C14H27N3O2. The molecule has 2 rings (SSSR count). The zero-order valence-electron chi connectivity index (χ0n) is 12.0. The smallest absolute Gasteiger partial charge is 0.224 e. The molecule has 5 nitrogen and oxygen atoms in total. The summed E-state index contributed by atoms with van der Waals surface area (Å²) in [6, 6.07) is -0.0351. The van der Waals surface area contributed by atoms with Crippen molar-refractivity contribution in [1.82, 2.24) is 9.80 Å². The van der Waals surface area contributed by atoms with E-state index in [4.69, 9.17) is 10.5 Å². The molecule has 0 spiro atoms. The van der Waals surface area contributed by atoms with Crippen LogP contribution in [-0.4, -0.2) is 67.7 Å². The molecule has 0 aromatic carbocycles. The predicted molar refractivity (Wildman–Crippen MR) is 74.8 cm³/mol. The highest BCUT2D eigenvalue weighted by Gasteiger charge is 2.25. The predicted octanol–water partition coefficient (Wildman–Crippen LogP) is 0.295. The Bertz CT molecular complexity index is 290.